The quantitative estimate of drug-likeness (QED) is 0.292. The highest BCUT2D eigenvalue weighted by atomic mass is 35.8. The van der Waals surface area contributed by atoms with Crippen molar-refractivity contribution < 1.29 is 0 Å². The monoisotopic (exact) mass is 162 g/mol. The average Bonchev–Trinajstić information content (AvgIpc) is 1.41. The van der Waals surface area contributed by atoms with Crippen molar-refractivity contribution in [3.05, 3.63) is 13.2 Å². The number of hydrogen-bond donors (Lipinski definition) is 0. The van der Waals surface area contributed by atoms with Crippen LogP contribution in [0.1, 0.15) is 0 Å². The molecule has 0 aliphatic rings. The maximum atomic E-state index is 4.94. The summed E-state index contributed by atoms with van der Waals surface area (Å²) in [6, 6.07) is 0. The Hall–Kier alpha value is 0.827. The van der Waals surface area contributed by atoms with Gasteiger partial charge in [0.25, 0.3) is 0 Å². The van der Waals surface area contributed by atoms with Gasteiger partial charge in [0.05, 0.1) is 0 Å². The van der Waals surface area contributed by atoms with Gasteiger partial charge in [0.15, 0.2) is 0 Å². The lowest BCUT2D eigenvalue weighted by molar-refractivity contribution is 2.81. The van der Waals surface area contributed by atoms with E-state index >= 15 is 0 Å². The first-order valence-electron chi connectivity index (χ1n) is 1.15. The second kappa shape index (κ2) is 9.27. The highest BCUT2D eigenvalue weighted by Crippen LogP contribution is 1.97. The van der Waals surface area contributed by atoms with E-state index in [1.54, 1.807) is 0 Å². The lowest BCUT2D eigenvalue weighted by Gasteiger charge is -1.65. The molecule has 0 spiro atoms. The molecule has 38 valence electrons. The van der Waals surface area contributed by atoms with Gasteiger partial charge in [0.2, 0.25) is 0 Å². The molecule has 0 saturated carbocycles. The molecule has 0 rings (SSSR count). The standard InChI is InChI=1S/C2H4.Cl3HSi/c1-2;1-4(2)3/h1-2H2;4H. The minimum absolute atomic E-state index is 1.72. The SMILES string of the molecule is C=C.Cl[SiH](Cl)Cl. The molecule has 0 unspecified atom stereocenters. The lowest BCUT2D eigenvalue weighted by Crippen LogP contribution is -1.66. The summed E-state index contributed by atoms with van der Waals surface area (Å²) in [6.07, 6.45) is 0. The van der Waals surface area contributed by atoms with Crippen LogP contribution in [0.2, 0.25) is 0 Å². The molecule has 0 aromatic rings. The summed E-state index contributed by atoms with van der Waals surface area (Å²) in [4.78, 5) is 0. The second-order valence-corrected chi connectivity index (χ2v) is 6.68. The van der Waals surface area contributed by atoms with Gasteiger partial charge in [-0.25, -0.2) is 0 Å². The molecule has 0 saturated heterocycles. The zero-order valence-electron chi connectivity index (χ0n) is 3.13. The Balaban J connectivity index is 0. The van der Waals surface area contributed by atoms with Gasteiger partial charge in [-0.3, -0.25) is 0 Å². The van der Waals surface area contributed by atoms with Gasteiger partial charge >= 0.3 is 6.73 Å². The molecule has 6 heavy (non-hydrogen) atoms. The third kappa shape index (κ3) is 103. The van der Waals surface area contributed by atoms with Crippen molar-refractivity contribution >= 4 is 40.0 Å². The summed E-state index contributed by atoms with van der Waals surface area (Å²) in [5.41, 5.74) is 0. The van der Waals surface area contributed by atoms with Crippen LogP contribution in [-0.4, -0.2) is 6.73 Å². The molecule has 0 N–H and O–H groups in total. The lowest BCUT2D eigenvalue weighted by atomic mass is 11.3. The Morgan fingerprint density at radius 1 is 1.00 bits per heavy atom. The van der Waals surface area contributed by atoms with E-state index in [9.17, 15) is 0 Å². The van der Waals surface area contributed by atoms with Gasteiger partial charge in [-0.15, -0.1) is 46.4 Å². The molecule has 0 nitrogen and oxygen atoms in total. The van der Waals surface area contributed by atoms with Crippen LogP contribution in [0.4, 0.5) is 0 Å². The summed E-state index contributed by atoms with van der Waals surface area (Å²) in [5, 5.41) is 0. The van der Waals surface area contributed by atoms with E-state index < -0.39 is 6.73 Å². The Morgan fingerprint density at radius 3 is 1.00 bits per heavy atom. The van der Waals surface area contributed by atoms with Crippen molar-refractivity contribution in [1.29, 1.82) is 0 Å². The summed E-state index contributed by atoms with van der Waals surface area (Å²) in [7, 11) is 0. The van der Waals surface area contributed by atoms with Crippen LogP contribution in [0.5, 0.6) is 0 Å². The molecule has 0 fully saturated rings. The molecular weight excluding hydrogens is 158 g/mol. The first-order valence-corrected chi connectivity index (χ1v) is 6.39. The maximum Gasteiger partial charge on any atom is 0.326 e. The molecule has 0 aliphatic heterocycles. The molecule has 0 aromatic carbocycles. The van der Waals surface area contributed by atoms with Gasteiger partial charge < -0.3 is 0 Å². The minimum Gasteiger partial charge on any atom is -0.130 e. The van der Waals surface area contributed by atoms with Gasteiger partial charge in [-0.1, -0.05) is 0 Å². The molecule has 0 bridgehead atoms. The zero-order valence-corrected chi connectivity index (χ0v) is 6.55. The van der Waals surface area contributed by atoms with Gasteiger partial charge in [-0.2, -0.15) is 0 Å². The highest BCUT2D eigenvalue weighted by Gasteiger charge is 1.85. The number of hydrogen-bond acceptors (Lipinski definition) is 0. The molecule has 0 atom stereocenters. The van der Waals surface area contributed by atoms with Crippen LogP contribution in [0.15, 0.2) is 13.2 Å². The van der Waals surface area contributed by atoms with E-state index in [2.05, 4.69) is 13.2 Å². The molecule has 0 radical (unpaired) electrons. The van der Waals surface area contributed by atoms with E-state index in [0.29, 0.717) is 0 Å². The van der Waals surface area contributed by atoms with E-state index in [1.165, 1.54) is 0 Å². The third-order valence-electron chi connectivity index (χ3n) is 0. The van der Waals surface area contributed by atoms with Gasteiger partial charge in [0, 0.05) is 0 Å². The summed E-state index contributed by atoms with van der Waals surface area (Å²) < 4.78 is 0. The van der Waals surface area contributed by atoms with E-state index in [0.717, 1.165) is 0 Å². The molecule has 4 heteroatoms. The van der Waals surface area contributed by atoms with Crippen molar-refractivity contribution in [2.75, 3.05) is 0 Å². The molecule has 0 aliphatic carbocycles. The van der Waals surface area contributed by atoms with Crippen molar-refractivity contribution in [2.24, 2.45) is 0 Å². The summed E-state index contributed by atoms with van der Waals surface area (Å²) in [5.74, 6) is 0. The Kier molecular flexibility index (Phi) is 15.4. The fourth-order valence-electron chi connectivity index (χ4n) is 0. The van der Waals surface area contributed by atoms with E-state index in [-0.39, 0.29) is 0 Å². The van der Waals surface area contributed by atoms with Crippen LogP contribution in [0, 0.1) is 0 Å². The van der Waals surface area contributed by atoms with Crippen molar-refractivity contribution in [1.82, 2.24) is 0 Å². The summed E-state index contributed by atoms with van der Waals surface area (Å²) in [6.45, 7) is 4.28. The van der Waals surface area contributed by atoms with Crippen LogP contribution < -0.4 is 0 Å². The van der Waals surface area contributed by atoms with Crippen molar-refractivity contribution in [3.8, 4) is 0 Å². The second-order valence-electron chi connectivity index (χ2n) is 0.247. The van der Waals surface area contributed by atoms with Gasteiger partial charge in [-0.05, 0) is 0 Å². The first kappa shape index (κ1) is 9.95. The van der Waals surface area contributed by atoms with E-state index in [4.69, 9.17) is 33.2 Å². The van der Waals surface area contributed by atoms with Crippen LogP contribution in [0.25, 0.3) is 0 Å². The fraction of sp³-hybridized carbons (Fsp3) is 0. The normalized spacial score (nSPS) is 6.67. The Bertz CT molecular complexity index is 20.0. The fourth-order valence-corrected chi connectivity index (χ4v) is 0. The average molecular weight is 164 g/mol. The number of halogens is 3. The topological polar surface area (TPSA) is 0 Å². The largest absolute Gasteiger partial charge is 0.326 e. The molecule has 0 heterocycles. The molecular formula is C2H5Cl3Si. The van der Waals surface area contributed by atoms with Crippen molar-refractivity contribution in [2.45, 2.75) is 0 Å². The predicted octanol–water partition coefficient (Wildman–Crippen LogP) is 2.22. The Labute approximate surface area is 53.4 Å². The molecule has 0 aromatic heterocycles. The van der Waals surface area contributed by atoms with Crippen LogP contribution in [0.3, 0.4) is 0 Å². The Morgan fingerprint density at radius 2 is 1.00 bits per heavy atom. The highest BCUT2D eigenvalue weighted by molar-refractivity contribution is 7.54. The van der Waals surface area contributed by atoms with E-state index in [1.807, 2.05) is 0 Å². The van der Waals surface area contributed by atoms with Crippen molar-refractivity contribution in [3.63, 3.8) is 0 Å². The predicted molar refractivity (Wildman–Crippen MR) is 36.0 cm³/mol. The van der Waals surface area contributed by atoms with Gasteiger partial charge in [0.1, 0.15) is 0 Å². The summed E-state index contributed by atoms with van der Waals surface area (Å²) >= 11 is 14.8. The maximum absolute atomic E-state index is 4.94. The molecule has 0 amide bonds. The zero-order chi connectivity index (χ0) is 5.58. The van der Waals surface area contributed by atoms with Crippen LogP contribution in [-0.2, 0) is 0 Å². The first-order chi connectivity index (χ1) is 2.73. The minimum atomic E-state index is -1.72. The number of rotatable bonds is 0. The smallest absolute Gasteiger partial charge is 0.130 e. The third-order valence-corrected chi connectivity index (χ3v) is 0. The van der Waals surface area contributed by atoms with Crippen LogP contribution >= 0.6 is 33.2 Å².